The summed E-state index contributed by atoms with van der Waals surface area (Å²) in [5, 5.41) is 29.7. The number of H-pyrrole nitrogens is 5. The Morgan fingerprint density at radius 2 is 0.790 bits per heavy atom. The number of nitrogens with one attached hydrogen (secondary N) is 12. The van der Waals surface area contributed by atoms with Crippen molar-refractivity contribution in [2.24, 2.45) is 11.5 Å². The van der Waals surface area contributed by atoms with Gasteiger partial charge in [-0.1, -0.05) is 75.5 Å². The number of para-hydroxylation sites is 10. The average molecular weight is 1900 g/mol. The molecular weight excluding hydrogens is 1760 g/mol. The van der Waals surface area contributed by atoms with Gasteiger partial charge in [-0.25, -0.2) is 39.3 Å². The number of likely N-dealkylation sites (N-methyl/N-ethyl adjacent to an activating group) is 2. The third kappa shape index (κ3) is 35.0. The Labute approximate surface area is 804 Å². The Kier molecular flexibility index (Phi) is 41.4. The number of anilines is 2. The zero-order valence-electron chi connectivity index (χ0n) is 79.5. The van der Waals surface area contributed by atoms with Crippen LogP contribution in [0.1, 0.15) is 202 Å². The number of fused-ring (bicyclic) bond motifs is 7. The first-order chi connectivity index (χ1) is 64.9. The van der Waals surface area contributed by atoms with Crippen molar-refractivity contribution in [2.45, 2.75) is 216 Å². The number of aromatic nitrogens is 10. The lowest BCUT2D eigenvalue weighted by molar-refractivity contribution is -0.143. The van der Waals surface area contributed by atoms with Gasteiger partial charge in [0, 0.05) is 88.8 Å². The van der Waals surface area contributed by atoms with Crippen molar-refractivity contribution < 1.29 is 72.0 Å². The molecule has 14 rings (SSSR count). The molecule has 2 atom stereocenters. The highest BCUT2D eigenvalue weighted by Crippen LogP contribution is 2.30. The topological polar surface area (TPSA) is 520 Å². The summed E-state index contributed by atoms with van der Waals surface area (Å²) in [5.74, 6) is 1.36. The normalized spacial score (nSPS) is 13.3. The Bertz CT molecular complexity index is 5860. The van der Waals surface area contributed by atoms with Crippen LogP contribution >= 0.6 is 0 Å². The maximum absolute atomic E-state index is 13.9. The zero-order valence-corrected chi connectivity index (χ0v) is 79.5. The molecule has 0 aliphatic carbocycles. The van der Waals surface area contributed by atoms with E-state index in [1.165, 1.54) is 16.9 Å². The molecule has 38 heteroatoms. The molecule has 38 nitrogen and oxygen atoms in total. The largest absolute Gasteiger partial charge is 0.481 e. The van der Waals surface area contributed by atoms with Crippen molar-refractivity contribution in [2.75, 3.05) is 77.7 Å². The first kappa shape index (κ1) is 109. The van der Waals surface area contributed by atoms with E-state index in [2.05, 4.69) is 87.1 Å². The van der Waals surface area contributed by atoms with Crippen LogP contribution < -0.4 is 48.7 Å². The summed E-state index contributed by atoms with van der Waals surface area (Å²) in [5.41, 5.74) is 22.7. The van der Waals surface area contributed by atoms with Crippen LogP contribution in [0.25, 0.3) is 55.2 Å². The van der Waals surface area contributed by atoms with Gasteiger partial charge in [-0.05, 0) is 229 Å². The summed E-state index contributed by atoms with van der Waals surface area (Å²) in [7, 11) is 4.58. The molecule has 7 heterocycles. The van der Waals surface area contributed by atoms with Gasteiger partial charge in [0.05, 0.1) is 108 Å². The van der Waals surface area contributed by atoms with Crippen molar-refractivity contribution in [3.8, 4) is 0 Å². The summed E-state index contributed by atoms with van der Waals surface area (Å²) in [6.45, 7) is 22.9. The number of carboxylic acid groups (broad SMARTS) is 1. The molecular formula is C100H137N23O15. The molecule has 12 aromatic rings. The number of nitrogens with two attached hydrogens (primary N) is 2. The van der Waals surface area contributed by atoms with E-state index in [1.54, 1.807) is 81.1 Å². The number of amides is 8. The summed E-state index contributed by atoms with van der Waals surface area (Å²) in [4.78, 5) is 168. The molecule has 2 aliphatic rings. The van der Waals surface area contributed by atoms with Crippen LogP contribution in [0, 0.1) is 0 Å². The van der Waals surface area contributed by atoms with Crippen LogP contribution in [-0.4, -0.2) is 230 Å². The van der Waals surface area contributed by atoms with E-state index in [-0.39, 0.29) is 83.0 Å². The number of methoxy groups -OCH3 is 1. The number of esters is 1. The minimum Gasteiger partial charge on any atom is -0.481 e. The molecule has 0 unspecified atom stereocenters. The molecule has 7 aromatic carbocycles. The smallest absolute Gasteiger partial charge is 0.407 e. The third-order valence-electron chi connectivity index (χ3n) is 21.0. The summed E-state index contributed by atoms with van der Waals surface area (Å²) in [6.07, 6.45) is 3.90. The lowest BCUT2D eigenvalue weighted by Crippen LogP contribution is -2.39. The molecule has 0 spiro atoms. The van der Waals surface area contributed by atoms with Gasteiger partial charge in [-0.2, -0.15) is 0 Å². The van der Waals surface area contributed by atoms with Gasteiger partial charge in [-0.15, -0.1) is 0 Å². The van der Waals surface area contributed by atoms with Crippen molar-refractivity contribution in [3.63, 3.8) is 0 Å². The van der Waals surface area contributed by atoms with Gasteiger partial charge in [0.1, 0.15) is 58.0 Å². The first-order valence-corrected chi connectivity index (χ1v) is 45.6. The van der Waals surface area contributed by atoms with Gasteiger partial charge in [0.2, 0.25) is 17.7 Å². The van der Waals surface area contributed by atoms with E-state index in [0.717, 1.165) is 116 Å². The number of hydrogen-bond acceptors (Lipinski definition) is 24. The quantitative estimate of drug-likeness (QED) is 0.0103. The van der Waals surface area contributed by atoms with Crippen molar-refractivity contribution >= 4 is 126 Å². The Balaban J connectivity index is 0.000000222. The fourth-order valence-corrected chi connectivity index (χ4v) is 14.6. The molecule has 17 N–H and O–H groups in total. The molecule has 0 radical (unpaired) electrons. The molecule has 742 valence electrons. The number of imidazole rings is 5. The van der Waals surface area contributed by atoms with E-state index in [1.807, 2.05) is 163 Å². The highest BCUT2D eigenvalue weighted by Gasteiger charge is 2.33. The van der Waals surface area contributed by atoms with Gasteiger partial charge >= 0.3 is 30.2 Å². The zero-order chi connectivity index (χ0) is 98.1. The van der Waals surface area contributed by atoms with Crippen LogP contribution in [0.15, 0.2) is 158 Å². The number of carbonyl (C=O) groups is 10. The number of carboxylic acids is 1. The predicted octanol–water partition coefficient (Wildman–Crippen LogP) is 13.7. The third-order valence-corrected chi connectivity index (χ3v) is 21.0. The van der Waals surface area contributed by atoms with E-state index in [9.17, 15) is 47.9 Å². The first-order valence-electron chi connectivity index (χ1n) is 45.6. The Morgan fingerprint density at radius 1 is 0.442 bits per heavy atom. The second-order valence-corrected chi connectivity index (χ2v) is 35.8. The highest BCUT2D eigenvalue weighted by atomic mass is 16.6. The van der Waals surface area contributed by atoms with Crippen LogP contribution in [0.5, 0.6) is 0 Å². The maximum Gasteiger partial charge on any atom is 0.407 e. The number of alkyl carbamates (subject to hydrolysis) is 3. The fraction of sp³-hybridized carbons (Fsp3) is 0.430. The van der Waals surface area contributed by atoms with Gasteiger partial charge in [0.25, 0.3) is 11.8 Å². The van der Waals surface area contributed by atoms with Crippen molar-refractivity contribution in [1.82, 2.24) is 96.0 Å². The number of rotatable bonds is 33. The van der Waals surface area contributed by atoms with Crippen LogP contribution in [0.4, 0.5) is 25.8 Å². The number of benzene rings is 7. The number of nitrogens with zero attached hydrogens (tertiary/aromatic N) is 9. The monoisotopic (exact) mass is 1900 g/mol. The second kappa shape index (κ2) is 52.5. The van der Waals surface area contributed by atoms with Gasteiger partial charge in [-0.3, -0.25) is 33.6 Å². The van der Waals surface area contributed by atoms with Gasteiger partial charge < -0.3 is 117 Å². The number of unbranched alkanes of at least 4 members (excludes halogenated alkanes) is 3. The summed E-state index contributed by atoms with van der Waals surface area (Å²) < 4.78 is 20.3. The number of hydrogen-bond donors (Lipinski definition) is 15. The summed E-state index contributed by atoms with van der Waals surface area (Å²) in [6, 6.07) is 47.8. The van der Waals surface area contributed by atoms with Gasteiger partial charge in [0.15, 0.2) is 0 Å². The number of aromatic amines is 5. The molecule has 0 bridgehead atoms. The molecule has 138 heavy (non-hydrogen) atoms. The van der Waals surface area contributed by atoms with E-state index >= 15 is 0 Å². The SMILES string of the molecule is C.C.CC(C)(C)OC(=O)NCCCC(=O)NCc1nc2ccccc2[nH]1.CC(C)(C)OC(=O)NCCCCNCc1nc2ccccc2[nH]1.CN1Cc2cc(C(=O)N(CCCCN)Cc3nc4ccccc4[nH]3)ccc2N[C@@H](CC(=O)O)C1=O.COC(=O)C[C@@H]1Nc2ccc(C(=O)N(CCCCNC(=O)OC(C)(C)C)Cc3nc4ccccc4[nH]3)cc2CN(C)C1=O.NCc1nc2ccccc2[nH]1. The van der Waals surface area contributed by atoms with E-state index in [4.69, 9.17) is 35.5 Å². The predicted molar refractivity (Wildman–Crippen MR) is 533 cm³/mol. The van der Waals surface area contributed by atoms with Crippen LogP contribution in [-0.2, 0) is 88.7 Å². The molecule has 5 aromatic heterocycles. The average Bonchev–Trinajstić information content (AvgIpc) is 1.62. The van der Waals surface area contributed by atoms with Crippen molar-refractivity contribution in [3.05, 3.63) is 209 Å². The number of carbonyl (C=O) groups excluding carboxylic acids is 9. The van der Waals surface area contributed by atoms with E-state index in [0.29, 0.717) is 125 Å². The number of ether oxygens (including phenoxy) is 4. The lowest BCUT2D eigenvalue weighted by atomic mass is 10.1. The van der Waals surface area contributed by atoms with E-state index < -0.39 is 53.0 Å². The molecule has 0 saturated heterocycles. The molecule has 0 saturated carbocycles. The Hall–Kier alpha value is -14.5. The Morgan fingerprint density at radius 3 is 1.17 bits per heavy atom. The van der Waals surface area contributed by atoms with Crippen LogP contribution in [0.3, 0.4) is 0 Å². The standard InChI is InChI=1S/C31H40N6O6.C25H30N6O4.C17H24N4O3.C17H26N4O2.C8H9N3.2CH4/c1-31(2,3)43-30(41)32-14-8-9-15-37(19-26-34-23-10-6-7-11-24(23)35-26)28(39)20-12-13-22-21(16-20)18-36(4)29(40)25(33-22)17-27(38)42-5;1-30-14-17-12-16(8-9-18(17)27-21(25(30)35)13-23(32)33)24(34)31(11-5-4-10-26)15-22-28-19-6-2-3-7-20(19)29-22;1-17(2,3)24-16(23)18-10-6-9-15(22)19-11-14-20-12-7-4-5-8-13(12)21-14;1-17(2,3)23-16(22)19-11-7-6-10-18-12-15-20-13-8-4-5-9-14(13)21-15;9-5-8-10-6-3-1-2-4-7(6)11-8;;/h6-7,10-13,16,25,33H,8-9,14-15,17-19H2,1-5H3,(H,32,41)(H,34,35);2-3,6-9,12,21,27H,4-5,10-11,13-15,26H2,1H3,(H,28,29)(H,32,33);4-5,7-8H,6,9-11H2,1-3H3,(H,18,23)(H,19,22)(H,20,21);4-5,8-9,18H,6-7,10-12H2,1-3H3,(H,19,22)(H,20,21);1-4H,5,9H2,(H,10,11);2*1H4/t25-;21-;;;;;/m00...../s1. The second-order valence-electron chi connectivity index (χ2n) is 35.8. The summed E-state index contributed by atoms with van der Waals surface area (Å²) >= 11 is 0. The van der Waals surface area contributed by atoms with Crippen molar-refractivity contribution in [1.29, 1.82) is 0 Å². The highest BCUT2D eigenvalue weighted by molar-refractivity contribution is 5.97. The number of aliphatic carboxylic acids is 1. The minimum absolute atomic E-state index is 0. The fourth-order valence-electron chi connectivity index (χ4n) is 14.6. The minimum atomic E-state index is -1.06. The molecule has 0 fully saturated rings. The maximum atomic E-state index is 13.9. The lowest BCUT2D eigenvalue weighted by Gasteiger charge is -2.23. The molecule has 2 aliphatic heterocycles. The molecule has 8 amide bonds. The van der Waals surface area contributed by atoms with Crippen LogP contribution in [0.2, 0.25) is 0 Å².